The fourth-order valence-electron chi connectivity index (χ4n) is 1.90. The molecule has 0 aliphatic heterocycles. The van der Waals surface area contributed by atoms with Crippen LogP contribution in [-0.2, 0) is 10.0 Å². The van der Waals surface area contributed by atoms with Crippen LogP contribution < -0.4 is 4.31 Å². The van der Waals surface area contributed by atoms with Crippen molar-refractivity contribution >= 4 is 47.6 Å². The van der Waals surface area contributed by atoms with Crippen molar-refractivity contribution < 1.29 is 12.8 Å². The van der Waals surface area contributed by atoms with E-state index in [0.29, 0.717) is 10.2 Å². The lowest BCUT2D eigenvalue weighted by molar-refractivity contribution is 0.591. The first-order valence-corrected chi connectivity index (χ1v) is 9.12. The minimum absolute atomic E-state index is 0.164. The smallest absolute Gasteiger partial charge is 0.265 e. The fourth-order valence-corrected chi connectivity index (χ4v) is 5.08. The van der Waals surface area contributed by atoms with E-state index in [-0.39, 0.29) is 11.4 Å². The van der Waals surface area contributed by atoms with Crippen LogP contribution in [0.1, 0.15) is 6.92 Å². The van der Waals surface area contributed by atoms with Crippen molar-refractivity contribution in [1.29, 1.82) is 0 Å². The molecule has 0 saturated heterocycles. The van der Waals surface area contributed by atoms with Gasteiger partial charge in [-0.25, -0.2) is 12.8 Å². The first kappa shape index (κ1) is 16.5. The van der Waals surface area contributed by atoms with E-state index in [2.05, 4.69) is 31.9 Å². The highest BCUT2D eigenvalue weighted by Crippen LogP contribution is 2.30. The molecule has 2 rings (SSSR count). The molecule has 0 N–H and O–H groups in total. The Bertz CT molecular complexity index is 748. The summed E-state index contributed by atoms with van der Waals surface area (Å²) < 4.78 is 41.0. The van der Waals surface area contributed by atoms with Crippen LogP contribution in [0.25, 0.3) is 0 Å². The number of halogens is 3. The standard InChI is InChI=1S/C14H12Br2FNO2S/c1-2-18(12-6-4-11(17)5-7-12)21(19,20)14-8-3-10(15)9-13(14)16/h3-9H,2H2,1H3. The summed E-state index contributed by atoms with van der Waals surface area (Å²) in [5, 5.41) is 0. The van der Waals surface area contributed by atoms with E-state index in [1.165, 1.54) is 34.6 Å². The highest BCUT2D eigenvalue weighted by Gasteiger charge is 2.25. The van der Waals surface area contributed by atoms with Crippen molar-refractivity contribution in [2.75, 3.05) is 10.8 Å². The summed E-state index contributed by atoms with van der Waals surface area (Å²) in [5.74, 6) is -0.406. The number of rotatable bonds is 4. The maximum absolute atomic E-state index is 13.0. The monoisotopic (exact) mass is 435 g/mol. The number of sulfonamides is 1. The van der Waals surface area contributed by atoms with Crippen LogP contribution in [0.2, 0.25) is 0 Å². The van der Waals surface area contributed by atoms with Gasteiger partial charge in [0, 0.05) is 15.5 Å². The van der Waals surface area contributed by atoms with Gasteiger partial charge in [0.2, 0.25) is 0 Å². The minimum Gasteiger partial charge on any atom is -0.267 e. The Labute approximate surface area is 140 Å². The van der Waals surface area contributed by atoms with Gasteiger partial charge in [-0.15, -0.1) is 0 Å². The largest absolute Gasteiger partial charge is 0.267 e. The van der Waals surface area contributed by atoms with Gasteiger partial charge in [-0.1, -0.05) is 15.9 Å². The Morgan fingerprint density at radius 2 is 1.71 bits per heavy atom. The quantitative estimate of drug-likeness (QED) is 0.704. The van der Waals surface area contributed by atoms with E-state index in [1.54, 1.807) is 19.1 Å². The zero-order chi connectivity index (χ0) is 15.6. The Balaban J connectivity index is 2.51. The summed E-state index contributed by atoms with van der Waals surface area (Å²) in [6.45, 7) is 1.98. The summed E-state index contributed by atoms with van der Waals surface area (Å²) in [5.41, 5.74) is 0.425. The molecule has 112 valence electrons. The summed E-state index contributed by atoms with van der Waals surface area (Å²) in [7, 11) is -3.72. The predicted molar refractivity (Wildman–Crippen MR) is 88.4 cm³/mol. The molecule has 0 aromatic heterocycles. The summed E-state index contributed by atoms with van der Waals surface area (Å²) in [6.07, 6.45) is 0. The second-order valence-corrected chi connectivity index (χ2v) is 7.82. The van der Waals surface area contributed by atoms with E-state index in [4.69, 9.17) is 0 Å². The van der Waals surface area contributed by atoms with Gasteiger partial charge in [-0.05, 0) is 65.3 Å². The molecule has 0 spiro atoms. The second-order valence-electron chi connectivity index (χ2n) is 4.22. The van der Waals surface area contributed by atoms with Gasteiger partial charge in [-0.3, -0.25) is 4.31 Å². The topological polar surface area (TPSA) is 37.4 Å². The Morgan fingerprint density at radius 1 is 1.10 bits per heavy atom. The van der Waals surface area contributed by atoms with E-state index >= 15 is 0 Å². The molecule has 0 radical (unpaired) electrons. The fraction of sp³-hybridized carbons (Fsp3) is 0.143. The predicted octanol–water partition coefficient (Wildman–Crippen LogP) is 4.57. The van der Waals surface area contributed by atoms with Gasteiger partial charge in [0.15, 0.2) is 0 Å². The van der Waals surface area contributed by atoms with Crippen molar-refractivity contribution in [3.63, 3.8) is 0 Å². The van der Waals surface area contributed by atoms with E-state index in [1.807, 2.05) is 0 Å². The van der Waals surface area contributed by atoms with Crippen molar-refractivity contribution in [2.24, 2.45) is 0 Å². The molecule has 2 aromatic carbocycles. The molecule has 0 bridgehead atoms. The van der Waals surface area contributed by atoms with Crippen molar-refractivity contribution in [1.82, 2.24) is 0 Å². The molecule has 0 atom stereocenters. The molecule has 0 aliphatic rings. The third kappa shape index (κ3) is 3.46. The molecule has 0 unspecified atom stereocenters. The molecular weight excluding hydrogens is 425 g/mol. The van der Waals surface area contributed by atoms with Crippen LogP contribution >= 0.6 is 31.9 Å². The average Bonchev–Trinajstić information content (AvgIpc) is 2.41. The van der Waals surface area contributed by atoms with Crippen molar-refractivity contribution in [2.45, 2.75) is 11.8 Å². The average molecular weight is 437 g/mol. The first-order chi connectivity index (χ1) is 9.86. The van der Waals surface area contributed by atoms with Crippen LogP contribution in [-0.4, -0.2) is 15.0 Å². The van der Waals surface area contributed by atoms with Crippen molar-refractivity contribution in [3.8, 4) is 0 Å². The third-order valence-electron chi connectivity index (χ3n) is 2.86. The molecular formula is C14H12Br2FNO2S. The van der Waals surface area contributed by atoms with Gasteiger partial charge in [0.1, 0.15) is 10.7 Å². The number of hydrogen-bond donors (Lipinski definition) is 0. The van der Waals surface area contributed by atoms with E-state index in [0.717, 1.165) is 4.47 Å². The van der Waals surface area contributed by atoms with Gasteiger partial charge in [-0.2, -0.15) is 0 Å². The van der Waals surface area contributed by atoms with Crippen molar-refractivity contribution in [3.05, 3.63) is 57.2 Å². The SMILES string of the molecule is CCN(c1ccc(F)cc1)S(=O)(=O)c1ccc(Br)cc1Br. The van der Waals surface area contributed by atoms with E-state index in [9.17, 15) is 12.8 Å². The zero-order valence-electron chi connectivity index (χ0n) is 11.1. The molecule has 0 saturated carbocycles. The van der Waals surface area contributed by atoms with Crippen LogP contribution in [0.3, 0.4) is 0 Å². The molecule has 0 aliphatic carbocycles. The van der Waals surface area contributed by atoms with E-state index < -0.39 is 15.8 Å². The molecule has 0 heterocycles. The zero-order valence-corrected chi connectivity index (χ0v) is 15.0. The Hall–Kier alpha value is -0.920. The van der Waals surface area contributed by atoms with Crippen LogP contribution in [0.15, 0.2) is 56.3 Å². The molecule has 21 heavy (non-hydrogen) atoms. The number of hydrogen-bond acceptors (Lipinski definition) is 2. The summed E-state index contributed by atoms with van der Waals surface area (Å²) >= 11 is 6.56. The number of anilines is 1. The van der Waals surface area contributed by atoms with Crippen LogP contribution in [0.4, 0.5) is 10.1 Å². The first-order valence-electron chi connectivity index (χ1n) is 6.09. The number of benzene rings is 2. The lowest BCUT2D eigenvalue weighted by Gasteiger charge is -2.23. The maximum Gasteiger partial charge on any atom is 0.265 e. The minimum atomic E-state index is -3.72. The van der Waals surface area contributed by atoms with Crippen LogP contribution in [0, 0.1) is 5.82 Å². The maximum atomic E-state index is 13.0. The Kier molecular flexibility index (Phi) is 5.06. The summed E-state index contributed by atoms with van der Waals surface area (Å²) in [4.78, 5) is 0.164. The highest BCUT2D eigenvalue weighted by molar-refractivity contribution is 9.11. The Morgan fingerprint density at radius 3 is 2.24 bits per heavy atom. The summed E-state index contributed by atoms with van der Waals surface area (Å²) in [6, 6.07) is 10.2. The molecule has 3 nitrogen and oxygen atoms in total. The lowest BCUT2D eigenvalue weighted by atomic mass is 10.3. The molecule has 2 aromatic rings. The molecule has 0 amide bonds. The van der Waals surface area contributed by atoms with Gasteiger partial charge in [0.05, 0.1) is 5.69 Å². The third-order valence-corrected chi connectivity index (χ3v) is 6.24. The highest BCUT2D eigenvalue weighted by atomic mass is 79.9. The number of nitrogens with zero attached hydrogens (tertiary/aromatic N) is 1. The van der Waals surface area contributed by atoms with Crippen LogP contribution in [0.5, 0.6) is 0 Å². The second kappa shape index (κ2) is 6.46. The molecule has 7 heteroatoms. The van der Waals surface area contributed by atoms with Gasteiger partial charge < -0.3 is 0 Å². The van der Waals surface area contributed by atoms with Gasteiger partial charge >= 0.3 is 0 Å². The lowest BCUT2D eigenvalue weighted by Crippen LogP contribution is -2.31. The van der Waals surface area contributed by atoms with Gasteiger partial charge in [0.25, 0.3) is 10.0 Å². The normalized spacial score (nSPS) is 11.4. The molecule has 0 fully saturated rings.